The van der Waals surface area contributed by atoms with Gasteiger partial charge < -0.3 is 5.32 Å². The number of piperidine rings is 1. The molecule has 0 bridgehead atoms. The molecule has 0 spiro atoms. The van der Waals surface area contributed by atoms with Gasteiger partial charge in [-0.3, -0.25) is 9.69 Å². The maximum atomic E-state index is 12.3. The Hall–Kier alpha value is -1.87. The van der Waals surface area contributed by atoms with Gasteiger partial charge in [-0.05, 0) is 44.0 Å². The maximum absolute atomic E-state index is 12.3. The number of tetrazole rings is 1. The summed E-state index contributed by atoms with van der Waals surface area (Å²) in [4.78, 5) is 19.5. The molecule has 1 aliphatic heterocycles. The number of likely N-dealkylation sites (tertiary alicyclic amines) is 1. The van der Waals surface area contributed by atoms with Crippen molar-refractivity contribution >= 4 is 17.2 Å². The Morgan fingerprint density at radius 2 is 2.17 bits per heavy atom. The number of hydrogen-bond acceptors (Lipinski definition) is 7. The van der Waals surface area contributed by atoms with Gasteiger partial charge in [0.1, 0.15) is 4.88 Å². The summed E-state index contributed by atoms with van der Waals surface area (Å²) in [6.45, 7) is 8.62. The van der Waals surface area contributed by atoms with E-state index in [1.54, 1.807) is 5.51 Å². The SMILES string of the molecule is Cc1ncsc1C(=O)NC1CCN(Cc2nnnn2C(C)C)CC1. The second kappa shape index (κ2) is 7.35. The van der Waals surface area contributed by atoms with Crippen molar-refractivity contribution in [3.8, 4) is 0 Å². The quantitative estimate of drug-likeness (QED) is 0.878. The van der Waals surface area contributed by atoms with Crippen molar-refractivity contribution in [2.45, 2.75) is 52.2 Å². The molecule has 3 heterocycles. The van der Waals surface area contributed by atoms with Crippen LogP contribution in [0.25, 0.3) is 0 Å². The smallest absolute Gasteiger partial charge is 0.263 e. The second-order valence-corrected chi connectivity index (χ2v) is 7.28. The number of thiazole rings is 1. The first-order valence-corrected chi connectivity index (χ1v) is 9.12. The maximum Gasteiger partial charge on any atom is 0.263 e. The highest BCUT2D eigenvalue weighted by atomic mass is 32.1. The summed E-state index contributed by atoms with van der Waals surface area (Å²) in [5, 5.41) is 15.1. The van der Waals surface area contributed by atoms with Crippen LogP contribution in [-0.2, 0) is 6.54 Å². The molecule has 0 aliphatic carbocycles. The van der Waals surface area contributed by atoms with Crippen LogP contribution in [0.3, 0.4) is 0 Å². The molecule has 2 aromatic rings. The molecule has 9 heteroatoms. The highest BCUT2D eigenvalue weighted by Crippen LogP contribution is 2.16. The molecular formula is C15H23N7OS. The third-order valence-electron chi connectivity index (χ3n) is 4.29. The summed E-state index contributed by atoms with van der Waals surface area (Å²) >= 11 is 1.40. The molecule has 1 fully saturated rings. The Kier molecular flexibility index (Phi) is 5.20. The van der Waals surface area contributed by atoms with Crippen molar-refractivity contribution in [1.29, 1.82) is 0 Å². The number of amides is 1. The van der Waals surface area contributed by atoms with E-state index in [4.69, 9.17) is 0 Å². The van der Waals surface area contributed by atoms with Gasteiger partial charge in [-0.25, -0.2) is 9.67 Å². The lowest BCUT2D eigenvalue weighted by molar-refractivity contribution is 0.0910. The number of rotatable bonds is 5. The fraction of sp³-hybridized carbons (Fsp3) is 0.667. The van der Waals surface area contributed by atoms with Gasteiger partial charge >= 0.3 is 0 Å². The van der Waals surface area contributed by atoms with E-state index in [0.717, 1.165) is 44.0 Å². The number of carbonyl (C=O) groups excluding carboxylic acids is 1. The zero-order valence-electron chi connectivity index (χ0n) is 14.3. The summed E-state index contributed by atoms with van der Waals surface area (Å²) in [5.41, 5.74) is 2.52. The van der Waals surface area contributed by atoms with E-state index in [0.29, 0.717) is 4.88 Å². The van der Waals surface area contributed by atoms with Gasteiger partial charge in [-0.1, -0.05) is 0 Å². The van der Waals surface area contributed by atoms with Crippen LogP contribution in [0.1, 0.15) is 53.9 Å². The third-order valence-corrected chi connectivity index (χ3v) is 5.22. The molecule has 130 valence electrons. The largest absolute Gasteiger partial charge is 0.348 e. The van der Waals surface area contributed by atoms with Crippen molar-refractivity contribution in [2.75, 3.05) is 13.1 Å². The van der Waals surface area contributed by atoms with Gasteiger partial charge in [-0.15, -0.1) is 16.4 Å². The minimum atomic E-state index is -0.00259. The number of nitrogens with one attached hydrogen (secondary N) is 1. The van der Waals surface area contributed by atoms with E-state index in [9.17, 15) is 4.79 Å². The van der Waals surface area contributed by atoms with Gasteiger partial charge in [0, 0.05) is 19.1 Å². The van der Waals surface area contributed by atoms with Crippen LogP contribution in [-0.4, -0.2) is 55.1 Å². The normalized spacial score (nSPS) is 16.7. The van der Waals surface area contributed by atoms with Crippen molar-refractivity contribution in [3.05, 3.63) is 21.9 Å². The van der Waals surface area contributed by atoms with Crippen LogP contribution in [0.4, 0.5) is 0 Å². The molecule has 0 unspecified atom stereocenters. The predicted octanol–water partition coefficient (Wildman–Crippen LogP) is 1.41. The monoisotopic (exact) mass is 349 g/mol. The molecule has 0 radical (unpaired) electrons. The molecule has 0 aromatic carbocycles. The van der Waals surface area contributed by atoms with E-state index in [1.165, 1.54) is 11.3 Å². The Labute approximate surface area is 145 Å². The molecule has 8 nitrogen and oxygen atoms in total. The first-order valence-electron chi connectivity index (χ1n) is 8.24. The summed E-state index contributed by atoms with van der Waals surface area (Å²) in [5.74, 6) is 0.893. The molecule has 1 N–H and O–H groups in total. The standard InChI is InChI=1S/C15H23N7OS/c1-10(2)22-13(18-19-20-22)8-21-6-4-12(5-7-21)17-15(23)14-11(3)16-9-24-14/h9-10,12H,4-8H2,1-3H3,(H,17,23). The lowest BCUT2D eigenvalue weighted by Gasteiger charge is -2.31. The molecule has 2 aromatic heterocycles. The summed E-state index contributed by atoms with van der Waals surface area (Å²) in [6, 6.07) is 0.478. The topological polar surface area (TPSA) is 88.8 Å². The van der Waals surface area contributed by atoms with Crippen LogP contribution in [0.15, 0.2) is 5.51 Å². The predicted molar refractivity (Wildman–Crippen MR) is 90.8 cm³/mol. The van der Waals surface area contributed by atoms with E-state index in [1.807, 2.05) is 11.6 Å². The fourth-order valence-electron chi connectivity index (χ4n) is 2.92. The molecule has 0 saturated carbocycles. The Morgan fingerprint density at radius 1 is 1.42 bits per heavy atom. The average molecular weight is 349 g/mol. The van der Waals surface area contributed by atoms with Gasteiger partial charge in [0.2, 0.25) is 0 Å². The summed E-state index contributed by atoms with van der Waals surface area (Å²) < 4.78 is 1.86. The van der Waals surface area contributed by atoms with Gasteiger partial charge in [-0.2, -0.15) is 0 Å². The van der Waals surface area contributed by atoms with Crippen LogP contribution in [0, 0.1) is 6.92 Å². The first-order chi connectivity index (χ1) is 11.5. The van der Waals surface area contributed by atoms with Crippen molar-refractivity contribution in [3.63, 3.8) is 0 Å². The number of nitrogens with zero attached hydrogens (tertiary/aromatic N) is 6. The lowest BCUT2D eigenvalue weighted by Crippen LogP contribution is -2.44. The fourth-order valence-corrected chi connectivity index (χ4v) is 3.63. The molecule has 1 saturated heterocycles. The molecule has 24 heavy (non-hydrogen) atoms. The zero-order chi connectivity index (χ0) is 17.1. The van der Waals surface area contributed by atoms with Crippen LogP contribution < -0.4 is 5.32 Å². The second-order valence-electron chi connectivity index (χ2n) is 6.42. The van der Waals surface area contributed by atoms with Crippen LogP contribution in [0.2, 0.25) is 0 Å². The van der Waals surface area contributed by atoms with E-state index >= 15 is 0 Å². The minimum Gasteiger partial charge on any atom is -0.348 e. The summed E-state index contributed by atoms with van der Waals surface area (Å²) in [6.07, 6.45) is 1.87. The van der Waals surface area contributed by atoms with E-state index in [-0.39, 0.29) is 18.0 Å². The van der Waals surface area contributed by atoms with Crippen molar-refractivity contribution < 1.29 is 4.79 Å². The highest BCUT2D eigenvalue weighted by Gasteiger charge is 2.24. The molecule has 0 atom stereocenters. The van der Waals surface area contributed by atoms with Crippen LogP contribution in [0.5, 0.6) is 0 Å². The van der Waals surface area contributed by atoms with Gasteiger partial charge in [0.25, 0.3) is 5.91 Å². The van der Waals surface area contributed by atoms with E-state index in [2.05, 4.69) is 44.6 Å². The lowest BCUT2D eigenvalue weighted by atomic mass is 10.0. The third kappa shape index (κ3) is 3.78. The zero-order valence-corrected chi connectivity index (χ0v) is 15.1. The molecular weight excluding hydrogens is 326 g/mol. The number of carbonyl (C=O) groups is 1. The van der Waals surface area contributed by atoms with Crippen molar-refractivity contribution in [1.82, 2.24) is 35.4 Å². The average Bonchev–Trinajstić information content (AvgIpc) is 3.18. The Morgan fingerprint density at radius 3 is 2.79 bits per heavy atom. The van der Waals surface area contributed by atoms with Crippen LogP contribution >= 0.6 is 11.3 Å². The molecule has 1 amide bonds. The number of hydrogen-bond donors (Lipinski definition) is 1. The summed E-state index contributed by atoms with van der Waals surface area (Å²) in [7, 11) is 0. The number of aryl methyl sites for hydroxylation is 1. The highest BCUT2D eigenvalue weighted by molar-refractivity contribution is 7.11. The van der Waals surface area contributed by atoms with Gasteiger partial charge in [0.05, 0.1) is 23.8 Å². The molecule has 1 aliphatic rings. The van der Waals surface area contributed by atoms with Gasteiger partial charge in [0.15, 0.2) is 5.82 Å². The Balaban J connectivity index is 1.50. The minimum absolute atomic E-state index is 0.00259. The first kappa shape index (κ1) is 17.0. The van der Waals surface area contributed by atoms with E-state index < -0.39 is 0 Å². The Bertz CT molecular complexity index is 688. The van der Waals surface area contributed by atoms with Crippen molar-refractivity contribution in [2.24, 2.45) is 0 Å². The number of aromatic nitrogens is 5. The molecule has 3 rings (SSSR count).